The van der Waals surface area contributed by atoms with Crippen molar-refractivity contribution in [2.24, 2.45) is 11.7 Å². The molecule has 1 fully saturated rings. The lowest BCUT2D eigenvalue weighted by molar-refractivity contribution is -0.274. The summed E-state index contributed by atoms with van der Waals surface area (Å²) in [6.45, 7) is 4.33. The molecule has 2 aliphatic rings. The van der Waals surface area contributed by atoms with Gasteiger partial charge in [0, 0.05) is 36.8 Å². The van der Waals surface area contributed by atoms with Crippen LogP contribution in [0.4, 0.5) is 18.9 Å². The van der Waals surface area contributed by atoms with Gasteiger partial charge in [0.05, 0.1) is 4.90 Å². The van der Waals surface area contributed by atoms with Crippen LogP contribution in [0.5, 0.6) is 5.75 Å². The van der Waals surface area contributed by atoms with E-state index in [1.165, 1.54) is 28.6 Å². The summed E-state index contributed by atoms with van der Waals surface area (Å²) in [6, 6.07) is 9.82. The molecule has 2 aromatic carbocycles. The fraction of sp³-hybridized carbons (Fsp3) is 0.435. The van der Waals surface area contributed by atoms with Crippen LogP contribution in [0.15, 0.2) is 47.4 Å². The Morgan fingerprint density at radius 2 is 1.65 bits per heavy atom. The Hall–Kier alpha value is -2.79. The quantitative estimate of drug-likeness (QED) is 0.686. The van der Waals surface area contributed by atoms with Crippen LogP contribution >= 0.6 is 0 Å². The number of nitrogens with zero attached hydrogens (tertiary/aromatic N) is 2. The summed E-state index contributed by atoms with van der Waals surface area (Å²) in [5.74, 6) is -1.17. The summed E-state index contributed by atoms with van der Waals surface area (Å²) in [7, 11) is -3.86. The van der Waals surface area contributed by atoms with Crippen LogP contribution in [0.3, 0.4) is 0 Å². The minimum absolute atomic E-state index is 0.203. The summed E-state index contributed by atoms with van der Waals surface area (Å²) in [5.41, 5.74) is 7.61. The van der Waals surface area contributed by atoms with Crippen molar-refractivity contribution in [1.82, 2.24) is 4.31 Å². The molecule has 0 radical (unpaired) electrons. The molecular weight excluding hydrogens is 471 g/mol. The fourth-order valence-electron chi connectivity index (χ4n) is 5.03. The second-order valence-electron chi connectivity index (χ2n) is 8.88. The zero-order chi connectivity index (χ0) is 24.8. The van der Waals surface area contributed by atoms with Gasteiger partial charge in [0.1, 0.15) is 5.75 Å². The second kappa shape index (κ2) is 8.77. The predicted molar refractivity (Wildman–Crippen MR) is 120 cm³/mol. The van der Waals surface area contributed by atoms with Crippen LogP contribution in [0.1, 0.15) is 25.0 Å². The molecular formula is C23H26F3N3O4S. The second-order valence-corrected chi connectivity index (χ2v) is 10.7. The molecule has 1 aliphatic carbocycles. The number of anilines is 1. The third kappa shape index (κ3) is 4.72. The molecule has 1 amide bonds. The first-order chi connectivity index (χ1) is 15.9. The first kappa shape index (κ1) is 24.3. The highest BCUT2D eigenvalue weighted by Crippen LogP contribution is 2.36. The van der Waals surface area contributed by atoms with Crippen molar-refractivity contribution in [3.8, 4) is 5.75 Å². The Labute approximate surface area is 196 Å². The first-order valence-corrected chi connectivity index (χ1v) is 12.3. The molecule has 0 aromatic heterocycles. The number of halogens is 3. The average molecular weight is 498 g/mol. The lowest BCUT2D eigenvalue weighted by atomic mass is 10.1. The number of ether oxygens (including phenoxy) is 1. The number of amides is 1. The monoisotopic (exact) mass is 497 g/mol. The number of rotatable bonds is 5. The summed E-state index contributed by atoms with van der Waals surface area (Å²) in [5, 5.41) is 0. The van der Waals surface area contributed by atoms with Gasteiger partial charge in [0.25, 0.3) is 0 Å². The Balaban J connectivity index is 1.55. The molecule has 184 valence electrons. The van der Waals surface area contributed by atoms with Crippen molar-refractivity contribution >= 4 is 21.6 Å². The lowest BCUT2D eigenvalue weighted by Crippen LogP contribution is -2.58. The van der Waals surface area contributed by atoms with Crippen molar-refractivity contribution < 1.29 is 31.1 Å². The van der Waals surface area contributed by atoms with E-state index < -0.39 is 40.3 Å². The van der Waals surface area contributed by atoms with Crippen LogP contribution in [0.25, 0.3) is 0 Å². The van der Waals surface area contributed by atoms with Crippen molar-refractivity contribution in [2.45, 2.75) is 50.0 Å². The molecule has 0 saturated carbocycles. The van der Waals surface area contributed by atoms with Gasteiger partial charge in [-0.1, -0.05) is 12.1 Å². The number of sulfonamides is 1. The van der Waals surface area contributed by atoms with Crippen LogP contribution in [0.2, 0.25) is 0 Å². The van der Waals surface area contributed by atoms with E-state index in [0.29, 0.717) is 37.2 Å². The number of nitrogens with two attached hydrogens (primary N) is 1. The molecule has 3 atom stereocenters. The van der Waals surface area contributed by atoms with Crippen LogP contribution in [-0.4, -0.2) is 50.2 Å². The average Bonchev–Trinajstić information content (AvgIpc) is 3.17. The number of hydrogen-bond donors (Lipinski definition) is 1. The van der Waals surface area contributed by atoms with Crippen molar-refractivity contribution in [2.75, 3.05) is 18.0 Å². The first-order valence-electron chi connectivity index (χ1n) is 10.9. The van der Waals surface area contributed by atoms with E-state index in [2.05, 4.69) is 4.74 Å². The molecule has 1 aliphatic heterocycles. The van der Waals surface area contributed by atoms with Gasteiger partial charge in [0.15, 0.2) is 0 Å². The van der Waals surface area contributed by atoms with Gasteiger partial charge >= 0.3 is 6.36 Å². The Bertz CT molecular complexity index is 1170. The molecule has 34 heavy (non-hydrogen) atoms. The zero-order valence-corrected chi connectivity index (χ0v) is 19.6. The number of piperazine rings is 1. The topological polar surface area (TPSA) is 92.9 Å². The fourth-order valence-corrected chi connectivity index (χ4v) is 7.11. The van der Waals surface area contributed by atoms with Crippen LogP contribution in [-0.2, 0) is 27.7 Å². The Morgan fingerprint density at radius 3 is 2.21 bits per heavy atom. The highest BCUT2D eigenvalue weighted by molar-refractivity contribution is 7.89. The normalized spacial score (nSPS) is 23.6. The van der Waals surface area contributed by atoms with E-state index in [1.54, 1.807) is 26.0 Å². The van der Waals surface area contributed by atoms with Gasteiger partial charge < -0.3 is 15.4 Å². The molecule has 1 heterocycles. The molecule has 1 saturated heterocycles. The summed E-state index contributed by atoms with van der Waals surface area (Å²) in [4.78, 5) is 13.8. The third-order valence-electron chi connectivity index (χ3n) is 6.38. The van der Waals surface area contributed by atoms with E-state index >= 15 is 0 Å². The van der Waals surface area contributed by atoms with E-state index in [4.69, 9.17) is 5.73 Å². The third-order valence-corrected chi connectivity index (χ3v) is 8.59. The minimum atomic E-state index is -4.76. The van der Waals surface area contributed by atoms with Crippen LogP contribution < -0.4 is 15.4 Å². The van der Waals surface area contributed by atoms with Crippen LogP contribution in [0, 0.1) is 5.92 Å². The van der Waals surface area contributed by atoms with Gasteiger partial charge in [-0.2, -0.15) is 4.31 Å². The number of alkyl halides is 3. The van der Waals surface area contributed by atoms with Crippen molar-refractivity contribution in [3.05, 3.63) is 53.6 Å². The van der Waals surface area contributed by atoms with E-state index in [1.807, 2.05) is 11.0 Å². The van der Waals surface area contributed by atoms with Gasteiger partial charge in [0.2, 0.25) is 15.9 Å². The van der Waals surface area contributed by atoms with Gasteiger partial charge in [-0.15, -0.1) is 13.2 Å². The molecule has 0 bridgehead atoms. The summed E-state index contributed by atoms with van der Waals surface area (Å²) in [6.07, 6.45) is -4.03. The maximum Gasteiger partial charge on any atom is 0.573 e. The number of fused-ring (bicyclic) bond motifs is 1. The summed E-state index contributed by atoms with van der Waals surface area (Å²) < 4.78 is 70.1. The van der Waals surface area contributed by atoms with Gasteiger partial charge in [-0.3, -0.25) is 4.79 Å². The molecule has 2 N–H and O–H groups in total. The molecule has 3 unspecified atom stereocenters. The number of carbonyl (C=O) groups is 1. The van der Waals surface area contributed by atoms with E-state index in [0.717, 1.165) is 5.56 Å². The number of carbonyl (C=O) groups excluding carboxylic acids is 1. The number of primary amides is 1. The highest BCUT2D eigenvalue weighted by atomic mass is 32.2. The maximum atomic E-state index is 13.7. The zero-order valence-electron chi connectivity index (χ0n) is 18.7. The SMILES string of the molecule is CC1CN(c2ccc(OC(F)(F)F)cc2)CC(C)N1S(=O)(=O)c1cccc2c1CC(C(N)=O)C2. The smallest absolute Gasteiger partial charge is 0.406 e. The predicted octanol–water partition coefficient (Wildman–Crippen LogP) is 3.07. The molecule has 11 heteroatoms. The Morgan fingerprint density at radius 1 is 1.03 bits per heavy atom. The molecule has 2 aromatic rings. The molecule has 7 nitrogen and oxygen atoms in total. The van der Waals surface area contributed by atoms with E-state index in [-0.39, 0.29) is 10.6 Å². The maximum absolute atomic E-state index is 13.7. The minimum Gasteiger partial charge on any atom is -0.406 e. The summed E-state index contributed by atoms with van der Waals surface area (Å²) >= 11 is 0. The van der Waals surface area contributed by atoms with Crippen molar-refractivity contribution in [3.63, 3.8) is 0 Å². The molecule has 0 spiro atoms. The Kier molecular flexibility index (Phi) is 6.28. The van der Waals surface area contributed by atoms with Crippen molar-refractivity contribution in [1.29, 1.82) is 0 Å². The van der Waals surface area contributed by atoms with E-state index in [9.17, 15) is 26.4 Å². The standard InChI is InChI=1S/C23H26F3N3O4S/c1-14-12-28(18-6-8-19(9-7-18)33-23(24,25)26)13-15(2)29(14)34(31,32)21-5-3-4-16-10-17(22(27)30)11-20(16)21/h3-9,14-15,17H,10-13H2,1-2H3,(H2,27,30). The highest BCUT2D eigenvalue weighted by Gasteiger charge is 2.41. The number of hydrogen-bond acceptors (Lipinski definition) is 5. The lowest BCUT2D eigenvalue weighted by Gasteiger charge is -2.44. The van der Waals surface area contributed by atoms with Gasteiger partial charge in [-0.05, 0) is 68.1 Å². The number of benzene rings is 2. The molecule has 4 rings (SSSR count). The van der Waals surface area contributed by atoms with Gasteiger partial charge in [-0.25, -0.2) is 8.42 Å². The largest absolute Gasteiger partial charge is 0.573 e.